The summed E-state index contributed by atoms with van der Waals surface area (Å²) < 4.78 is 18.8. The average Bonchev–Trinajstić information content (AvgIpc) is 2.78. The highest BCUT2D eigenvalue weighted by atomic mass is 79.9. The second-order valence-electron chi connectivity index (χ2n) is 4.68. The Bertz CT molecular complexity index is 422. The maximum atomic E-state index is 12.2. The third kappa shape index (κ3) is 3.65. The van der Waals surface area contributed by atoms with E-state index in [1.54, 1.807) is 0 Å². The lowest BCUT2D eigenvalue weighted by molar-refractivity contribution is 0.127. The summed E-state index contributed by atoms with van der Waals surface area (Å²) >= 11 is 3.54. The number of rotatable bonds is 5. The summed E-state index contributed by atoms with van der Waals surface area (Å²) in [6.07, 6.45) is 3.06. The number of benzene rings is 1. The second kappa shape index (κ2) is 6.83. The molecular formula is C14H19BrO2S. The Hall–Kier alpha value is -0.190. The van der Waals surface area contributed by atoms with Crippen LogP contribution in [0.25, 0.3) is 0 Å². The molecule has 1 aliphatic heterocycles. The molecule has 0 aliphatic carbocycles. The zero-order valence-corrected chi connectivity index (χ0v) is 13.0. The minimum absolute atomic E-state index is 0.161. The zero-order valence-electron chi connectivity index (χ0n) is 10.6. The molecule has 18 heavy (non-hydrogen) atoms. The monoisotopic (exact) mass is 330 g/mol. The van der Waals surface area contributed by atoms with Crippen LogP contribution in [0.3, 0.4) is 0 Å². The lowest BCUT2D eigenvalue weighted by Crippen LogP contribution is -2.25. The molecule has 0 saturated carbocycles. The van der Waals surface area contributed by atoms with E-state index in [9.17, 15) is 4.21 Å². The Morgan fingerprint density at radius 2 is 2.22 bits per heavy atom. The van der Waals surface area contributed by atoms with E-state index in [1.165, 1.54) is 5.56 Å². The van der Waals surface area contributed by atoms with Gasteiger partial charge in [0.05, 0.1) is 11.4 Å². The van der Waals surface area contributed by atoms with E-state index in [4.69, 9.17) is 4.74 Å². The molecule has 0 aromatic heterocycles. The molecule has 1 heterocycles. The van der Waals surface area contributed by atoms with Gasteiger partial charge in [-0.05, 0) is 37.8 Å². The summed E-state index contributed by atoms with van der Waals surface area (Å²) in [5.41, 5.74) is 1.30. The summed E-state index contributed by atoms with van der Waals surface area (Å²) in [6, 6.07) is 8.24. The Morgan fingerprint density at radius 3 is 2.89 bits per heavy atom. The van der Waals surface area contributed by atoms with Crippen molar-refractivity contribution in [2.75, 3.05) is 12.4 Å². The predicted molar refractivity (Wildman–Crippen MR) is 79.3 cm³/mol. The largest absolute Gasteiger partial charge is 0.377 e. The van der Waals surface area contributed by atoms with Crippen LogP contribution in [-0.4, -0.2) is 27.9 Å². The van der Waals surface area contributed by atoms with E-state index in [1.807, 2.05) is 19.1 Å². The quantitative estimate of drug-likeness (QED) is 0.827. The van der Waals surface area contributed by atoms with Crippen molar-refractivity contribution in [1.82, 2.24) is 0 Å². The smallest absolute Gasteiger partial charge is 0.0691 e. The molecule has 100 valence electrons. The molecule has 1 saturated heterocycles. The fraction of sp³-hybridized carbons (Fsp3) is 0.571. The average molecular weight is 331 g/mol. The van der Waals surface area contributed by atoms with Crippen molar-refractivity contribution in [2.24, 2.45) is 0 Å². The number of hydrogen-bond donors (Lipinski definition) is 0. The van der Waals surface area contributed by atoms with Crippen LogP contribution < -0.4 is 0 Å². The van der Waals surface area contributed by atoms with E-state index in [0.717, 1.165) is 36.1 Å². The molecule has 0 unspecified atom stereocenters. The van der Waals surface area contributed by atoms with Gasteiger partial charge in [0.25, 0.3) is 0 Å². The van der Waals surface area contributed by atoms with E-state index in [2.05, 4.69) is 28.1 Å². The normalized spacial score (nSPS) is 25.2. The van der Waals surface area contributed by atoms with Gasteiger partial charge >= 0.3 is 0 Å². The number of hydrogen-bond acceptors (Lipinski definition) is 2. The summed E-state index contributed by atoms with van der Waals surface area (Å²) in [6.45, 7) is 2.80. The fourth-order valence-electron chi connectivity index (χ4n) is 2.31. The van der Waals surface area contributed by atoms with Gasteiger partial charge in [-0.15, -0.1) is 0 Å². The Kier molecular flexibility index (Phi) is 5.39. The topological polar surface area (TPSA) is 26.3 Å². The zero-order chi connectivity index (χ0) is 13.0. The Morgan fingerprint density at radius 1 is 1.44 bits per heavy atom. The lowest BCUT2D eigenvalue weighted by Gasteiger charge is -2.13. The molecule has 1 aromatic rings. The van der Waals surface area contributed by atoms with Crippen molar-refractivity contribution in [3.63, 3.8) is 0 Å². The van der Waals surface area contributed by atoms with E-state index in [-0.39, 0.29) is 11.4 Å². The lowest BCUT2D eigenvalue weighted by atomic mass is 10.1. The summed E-state index contributed by atoms with van der Waals surface area (Å²) in [5.74, 6) is 0.777. The van der Waals surface area contributed by atoms with Gasteiger partial charge in [0.15, 0.2) is 0 Å². The molecular weight excluding hydrogens is 312 g/mol. The molecule has 1 aliphatic rings. The van der Waals surface area contributed by atoms with Crippen molar-refractivity contribution in [3.05, 3.63) is 34.3 Å². The van der Waals surface area contributed by atoms with Crippen molar-refractivity contribution in [3.8, 4) is 0 Å². The third-order valence-electron chi connectivity index (χ3n) is 3.39. The molecule has 1 fully saturated rings. The van der Waals surface area contributed by atoms with E-state index in [0.29, 0.717) is 0 Å². The van der Waals surface area contributed by atoms with E-state index < -0.39 is 10.8 Å². The molecule has 0 N–H and O–H groups in total. The van der Waals surface area contributed by atoms with E-state index >= 15 is 0 Å². The first-order valence-electron chi connectivity index (χ1n) is 6.40. The first-order chi connectivity index (χ1) is 8.68. The van der Waals surface area contributed by atoms with Gasteiger partial charge in [0.1, 0.15) is 0 Å². The molecule has 2 nitrogen and oxygen atoms in total. The SMILES string of the molecule is C[C@@H]1OCC[C@@H]1[S@@](=O)CCCc1ccccc1Br. The number of ether oxygens (including phenoxy) is 1. The summed E-state index contributed by atoms with van der Waals surface area (Å²) in [5, 5.41) is 0.240. The highest BCUT2D eigenvalue weighted by Crippen LogP contribution is 2.21. The minimum Gasteiger partial charge on any atom is -0.377 e. The molecule has 2 rings (SSSR count). The van der Waals surface area contributed by atoms with Crippen LogP contribution >= 0.6 is 15.9 Å². The molecule has 3 atom stereocenters. The third-order valence-corrected chi connectivity index (χ3v) is 6.15. The van der Waals surface area contributed by atoms with Crippen LogP contribution in [0.2, 0.25) is 0 Å². The first-order valence-corrected chi connectivity index (χ1v) is 8.58. The second-order valence-corrected chi connectivity index (χ2v) is 7.31. The fourth-order valence-corrected chi connectivity index (χ4v) is 4.39. The maximum absolute atomic E-state index is 12.2. The van der Waals surface area contributed by atoms with Crippen molar-refractivity contribution in [2.45, 2.75) is 37.5 Å². The van der Waals surface area contributed by atoms with Gasteiger partial charge in [-0.3, -0.25) is 4.21 Å². The predicted octanol–water partition coefficient (Wildman–Crippen LogP) is 3.31. The molecule has 0 amide bonds. The Labute approximate surface area is 120 Å². The van der Waals surface area contributed by atoms with Crippen molar-refractivity contribution in [1.29, 1.82) is 0 Å². The van der Waals surface area contributed by atoms with Gasteiger partial charge in [-0.25, -0.2) is 0 Å². The highest BCUT2D eigenvalue weighted by molar-refractivity contribution is 9.10. The first kappa shape index (κ1) is 14.2. The van der Waals surface area contributed by atoms with Crippen molar-refractivity contribution >= 4 is 26.7 Å². The summed E-state index contributed by atoms with van der Waals surface area (Å²) in [4.78, 5) is 0. The van der Waals surface area contributed by atoms with Crippen LogP contribution in [0, 0.1) is 0 Å². The van der Waals surface area contributed by atoms with Gasteiger partial charge in [-0.1, -0.05) is 34.1 Å². The van der Waals surface area contributed by atoms with Crippen LogP contribution in [0.4, 0.5) is 0 Å². The van der Waals surface area contributed by atoms with Crippen LogP contribution in [0.15, 0.2) is 28.7 Å². The summed E-state index contributed by atoms with van der Waals surface area (Å²) in [7, 11) is -0.746. The standard InChI is InChI=1S/C14H19BrO2S/c1-11-14(8-9-17-11)18(16)10-4-6-12-5-2-3-7-13(12)15/h2-3,5,7,11,14H,4,6,8-10H2,1H3/t11-,14-,18-/m0/s1. The van der Waals surface area contributed by atoms with Gasteiger partial charge < -0.3 is 4.74 Å². The van der Waals surface area contributed by atoms with Gasteiger partial charge in [-0.2, -0.15) is 0 Å². The van der Waals surface area contributed by atoms with Crippen molar-refractivity contribution < 1.29 is 8.95 Å². The van der Waals surface area contributed by atoms with Gasteiger partial charge in [0.2, 0.25) is 0 Å². The molecule has 0 radical (unpaired) electrons. The number of halogens is 1. The minimum atomic E-state index is -0.746. The number of aryl methyl sites for hydroxylation is 1. The maximum Gasteiger partial charge on any atom is 0.0691 e. The highest BCUT2D eigenvalue weighted by Gasteiger charge is 2.28. The van der Waals surface area contributed by atoms with Gasteiger partial charge in [0, 0.05) is 27.6 Å². The molecule has 0 bridgehead atoms. The Balaban J connectivity index is 1.79. The molecule has 1 aromatic carbocycles. The van der Waals surface area contributed by atoms with Crippen LogP contribution in [0.5, 0.6) is 0 Å². The molecule has 4 heteroatoms. The van der Waals surface area contributed by atoms with Crippen LogP contribution in [0.1, 0.15) is 25.3 Å². The molecule has 0 spiro atoms. The van der Waals surface area contributed by atoms with Crippen LogP contribution in [-0.2, 0) is 22.0 Å².